The summed E-state index contributed by atoms with van der Waals surface area (Å²) in [6.45, 7) is -1.66. The lowest BCUT2D eigenvalue weighted by atomic mass is 9.81. The van der Waals surface area contributed by atoms with Gasteiger partial charge in [0.15, 0.2) is 23.7 Å². The van der Waals surface area contributed by atoms with Crippen LogP contribution in [0.5, 0.6) is 5.75 Å². The van der Waals surface area contributed by atoms with E-state index in [0.717, 1.165) is 18.9 Å². The van der Waals surface area contributed by atoms with E-state index in [9.17, 15) is 44.7 Å². The van der Waals surface area contributed by atoms with Crippen LogP contribution in [0.15, 0.2) is 36.8 Å². The van der Waals surface area contributed by atoms with E-state index < -0.39 is 91.8 Å². The number of carbonyl (C=O) groups is 2. The Morgan fingerprint density at radius 1 is 1.00 bits per heavy atom. The van der Waals surface area contributed by atoms with Gasteiger partial charge in [-0.2, -0.15) is 31.4 Å². The minimum absolute atomic E-state index is 0.00315. The van der Waals surface area contributed by atoms with Crippen LogP contribution in [-0.2, 0) is 4.79 Å². The molecule has 2 saturated carbocycles. The van der Waals surface area contributed by atoms with Gasteiger partial charge in [-0.15, -0.1) is 0 Å². The van der Waals surface area contributed by atoms with Crippen LogP contribution in [0.2, 0.25) is 0 Å². The Balaban J connectivity index is 1.40. The highest BCUT2D eigenvalue weighted by molar-refractivity contribution is 5.95. The molecule has 0 aromatic carbocycles. The molecule has 2 fully saturated rings. The molecule has 0 radical (unpaired) electrons. The number of aromatic nitrogens is 4. The van der Waals surface area contributed by atoms with Gasteiger partial charge in [-0.05, 0) is 61.3 Å². The normalized spacial score (nSPS) is 18.6. The zero-order valence-electron chi connectivity index (χ0n) is 24.2. The van der Waals surface area contributed by atoms with Crippen LogP contribution < -0.4 is 15.4 Å². The summed E-state index contributed by atoms with van der Waals surface area (Å²) < 4.78 is 110. The SMILES string of the molecule is O=C(CCC(F)(F)F)NC(c1cnn2cc([C@@H](NC(=O)c3ncccc3OCC(F)(F)F)C3CCC(F)(F)CC3)nc2c1)C1CC1. The Hall–Kier alpha value is -4.05. The number of hydrogen-bond acceptors (Lipinski definition) is 6. The van der Waals surface area contributed by atoms with Gasteiger partial charge in [0.05, 0.1) is 36.6 Å². The first kappa shape index (κ1) is 33.3. The van der Waals surface area contributed by atoms with Gasteiger partial charge in [0.2, 0.25) is 11.8 Å². The number of halogens is 8. The van der Waals surface area contributed by atoms with Gasteiger partial charge < -0.3 is 15.4 Å². The van der Waals surface area contributed by atoms with Gasteiger partial charge >= 0.3 is 12.4 Å². The van der Waals surface area contributed by atoms with E-state index in [1.165, 1.54) is 29.2 Å². The lowest BCUT2D eigenvalue weighted by Crippen LogP contribution is -2.38. The van der Waals surface area contributed by atoms with Crippen molar-refractivity contribution in [1.29, 1.82) is 0 Å². The number of nitrogens with zero attached hydrogens (tertiary/aromatic N) is 4. The van der Waals surface area contributed by atoms with Gasteiger partial charge in [-0.25, -0.2) is 23.3 Å². The van der Waals surface area contributed by atoms with E-state index in [0.29, 0.717) is 5.56 Å². The Kier molecular flexibility index (Phi) is 9.40. The fourth-order valence-corrected chi connectivity index (χ4v) is 5.51. The van der Waals surface area contributed by atoms with E-state index in [4.69, 9.17) is 4.74 Å². The molecule has 2 atom stereocenters. The number of pyridine rings is 1. The largest absolute Gasteiger partial charge is 0.482 e. The van der Waals surface area contributed by atoms with Crippen LogP contribution in [0.1, 0.15) is 85.2 Å². The van der Waals surface area contributed by atoms with E-state index in [1.807, 2.05) is 0 Å². The molecule has 3 heterocycles. The number of carbonyl (C=O) groups excluding carboxylic acids is 2. The number of hydrogen-bond donors (Lipinski definition) is 2. The molecule has 2 N–H and O–H groups in total. The molecule has 5 rings (SSSR count). The number of ether oxygens (including phenoxy) is 1. The van der Waals surface area contributed by atoms with Crippen LogP contribution in [0.3, 0.4) is 0 Å². The molecule has 0 spiro atoms. The summed E-state index contributed by atoms with van der Waals surface area (Å²) in [6.07, 6.45) is -6.39. The van der Waals surface area contributed by atoms with Gasteiger partial charge in [0.1, 0.15) is 0 Å². The number of fused-ring (bicyclic) bond motifs is 1. The maximum Gasteiger partial charge on any atom is 0.422 e. The third-order valence-corrected chi connectivity index (χ3v) is 7.98. The van der Waals surface area contributed by atoms with Gasteiger partial charge in [0.25, 0.3) is 5.91 Å². The Morgan fingerprint density at radius 3 is 2.35 bits per heavy atom. The first-order valence-corrected chi connectivity index (χ1v) is 14.6. The summed E-state index contributed by atoms with van der Waals surface area (Å²) in [6, 6.07) is 2.47. The second-order valence-electron chi connectivity index (χ2n) is 11.7. The Morgan fingerprint density at radius 2 is 1.70 bits per heavy atom. The number of rotatable bonds is 11. The molecule has 0 saturated heterocycles. The third-order valence-electron chi connectivity index (χ3n) is 7.98. The molecule has 1 unspecified atom stereocenters. The second-order valence-corrected chi connectivity index (χ2v) is 11.7. The Bertz CT molecular complexity index is 1550. The van der Waals surface area contributed by atoms with Crippen molar-refractivity contribution in [3.8, 4) is 5.75 Å². The minimum Gasteiger partial charge on any atom is -0.482 e. The fraction of sp³-hybridized carbons (Fsp3) is 0.552. The summed E-state index contributed by atoms with van der Waals surface area (Å²) in [7, 11) is 0. The maximum absolute atomic E-state index is 14.0. The van der Waals surface area contributed by atoms with Crippen LogP contribution in [0.25, 0.3) is 5.65 Å². The number of nitrogens with one attached hydrogen (secondary N) is 2. The van der Waals surface area contributed by atoms with Gasteiger partial charge in [-0.1, -0.05) is 0 Å². The average Bonchev–Trinajstić information content (AvgIpc) is 3.74. The molecule has 0 aliphatic heterocycles. The summed E-state index contributed by atoms with van der Waals surface area (Å²) in [5, 5.41) is 9.69. The number of imidazole rings is 1. The monoisotopic (exact) mass is 662 g/mol. The second kappa shape index (κ2) is 13.0. The first-order valence-electron chi connectivity index (χ1n) is 14.6. The molecule has 46 heavy (non-hydrogen) atoms. The molecule has 250 valence electrons. The topological polar surface area (TPSA) is 111 Å². The predicted octanol–water partition coefficient (Wildman–Crippen LogP) is 6.27. The summed E-state index contributed by atoms with van der Waals surface area (Å²) in [5.74, 6) is -5.50. The van der Waals surface area contributed by atoms with Crippen molar-refractivity contribution in [2.24, 2.45) is 11.8 Å². The van der Waals surface area contributed by atoms with Crippen molar-refractivity contribution in [2.75, 3.05) is 6.61 Å². The zero-order valence-corrected chi connectivity index (χ0v) is 24.2. The van der Waals surface area contributed by atoms with Crippen LogP contribution in [0, 0.1) is 11.8 Å². The fourth-order valence-electron chi connectivity index (χ4n) is 5.51. The van der Waals surface area contributed by atoms with Crippen molar-refractivity contribution >= 4 is 17.5 Å². The molecular formula is C29H30F8N6O3. The quantitative estimate of drug-likeness (QED) is 0.234. The Labute approximate surface area is 257 Å². The van der Waals surface area contributed by atoms with E-state index in [1.54, 1.807) is 6.07 Å². The predicted molar refractivity (Wildman–Crippen MR) is 145 cm³/mol. The van der Waals surface area contributed by atoms with Crippen LogP contribution in [-0.4, -0.2) is 56.3 Å². The van der Waals surface area contributed by atoms with E-state index in [-0.39, 0.29) is 30.1 Å². The molecule has 2 amide bonds. The van der Waals surface area contributed by atoms with Crippen molar-refractivity contribution in [1.82, 2.24) is 30.2 Å². The molecule has 0 bridgehead atoms. The number of alkyl halides is 8. The summed E-state index contributed by atoms with van der Waals surface area (Å²) >= 11 is 0. The third kappa shape index (κ3) is 8.81. The van der Waals surface area contributed by atoms with Crippen LogP contribution >= 0.6 is 0 Å². The molecule has 2 aliphatic carbocycles. The van der Waals surface area contributed by atoms with Gasteiger partial charge in [0, 0.05) is 25.5 Å². The molecule has 2 aliphatic rings. The average molecular weight is 663 g/mol. The zero-order chi connectivity index (χ0) is 33.3. The lowest BCUT2D eigenvalue weighted by molar-refractivity contribution is -0.153. The standard InChI is InChI=1S/C29H30F8N6O3/c30-27(31)8-5-17(6-9-27)24(42-26(45)25-20(2-1-11-38-25)46-15-29(35,36)37)19-14-43-21(40-19)12-18(13-39-43)23(16-3-4-16)41-22(44)7-10-28(32,33)34/h1-2,11-14,16-17,23-24H,3-10,15H2,(H,41,44)(H,42,45)/t23?,24-/m0/s1. The highest BCUT2D eigenvalue weighted by atomic mass is 19.4. The highest BCUT2D eigenvalue weighted by Gasteiger charge is 2.40. The van der Waals surface area contributed by atoms with Crippen molar-refractivity contribution in [3.05, 3.63) is 53.7 Å². The molecule has 3 aromatic rings. The first-order chi connectivity index (χ1) is 21.6. The van der Waals surface area contributed by atoms with E-state index in [2.05, 4.69) is 25.7 Å². The van der Waals surface area contributed by atoms with Gasteiger partial charge in [-0.3, -0.25) is 9.59 Å². The lowest BCUT2D eigenvalue weighted by Gasteiger charge is -2.33. The molecule has 9 nitrogen and oxygen atoms in total. The van der Waals surface area contributed by atoms with Crippen molar-refractivity contribution < 1.29 is 49.4 Å². The summed E-state index contributed by atoms with van der Waals surface area (Å²) in [5.41, 5.74) is 0.565. The highest BCUT2D eigenvalue weighted by Crippen LogP contribution is 2.43. The smallest absolute Gasteiger partial charge is 0.422 e. The maximum atomic E-state index is 14.0. The van der Waals surface area contributed by atoms with Crippen molar-refractivity contribution in [2.45, 2.75) is 81.7 Å². The van der Waals surface area contributed by atoms with E-state index >= 15 is 0 Å². The molecule has 17 heteroatoms. The van der Waals surface area contributed by atoms with Crippen molar-refractivity contribution in [3.63, 3.8) is 0 Å². The summed E-state index contributed by atoms with van der Waals surface area (Å²) in [4.78, 5) is 34.1. The minimum atomic E-state index is -4.67. The molecule has 3 aromatic heterocycles. The van der Waals surface area contributed by atoms with Crippen LogP contribution in [0.4, 0.5) is 35.1 Å². The number of amides is 2. The molecular weight excluding hydrogens is 632 g/mol.